The van der Waals surface area contributed by atoms with Crippen molar-refractivity contribution in [1.29, 1.82) is 0 Å². The van der Waals surface area contributed by atoms with Crippen molar-refractivity contribution in [2.75, 3.05) is 5.32 Å². The molecule has 0 unspecified atom stereocenters. The molecule has 1 heterocycles. The molecule has 6 nitrogen and oxygen atoms in total. The second-order valence-corrected chi connectivity index (χ2v) is 6.40. The van der Waals surface area contributed by atoms with Crippen LogP contribution in [0.25, 0.3) is 5.69 Å². The Balaban J connectivity index is 1.69. The van der Waals surface area contributed by atoms with Crippen LogP contribution >= 0.6 is 0 Å². The van der Waals surface area contributed by atoms with Gasteiger partial charge in [0.25, 0.3) is 0 Å². The summed E-state index contributed by atoms with van der Waals surface area (Å²) in [5.41, 5.74) is 3.39. The first kappa shape index (κ1) is 16.5. The number of nitrogens with one attached hydrogen (secondary N) is 2. The molecule has 24 heavy (non-hydrogen) atoms. The van der Waals surface area contributed by atoms with E-state index in [4.69, 9.17) is 0 Å². The lowest BCUT2D eigenvalue weighted by atomic mass is 9.93. The normalized spacial score (nSPS) is 20.6. The van der Waals surface area contributed by atoms with E-state index in [0.717, 1.165) is 48.4 Å². The molecule has 0 aliphatic heterocycles. The molecular weight excluding hydrogens is 304 g/mol. The molecule has 2 aromatic rings. The number of aromatic nitrogens is 2. The number of nitrogens with zero attached hydrogens (tertiary/aromatic N) is 2. The fourth-order valence-corrected chi connectivity index (χ4v) is 3.20. The first-order valence-corrected chi connectivity index (χ1v) is 8.42. The number of aliphatic hydroxyl groups is 1. The van der Waals surface area contributed by atoms with Gasteiger partial charge in [-0.05, 0) is 51.7 Å². The van der Waals surface area contributed by atoms with E-state index >= 15 is 0 Å². The maximum atomic E-state index is 12.3. The minimum Gasteiger partial charge on any atom is -0.393 e. The third-order valence-corrected chi connectivity index (χ3v) is 4.56. The van der Waals surface area contributed by atoms with E-state index in [9.17, 15) is 9.90 Å². The second kappa shape index (κ2) is 7.05. The standard InChI is InChI=1S/C18H24N4O2/c1-12-17(13(2)22(21-12)15-6-4-3-5-7-15)20-18(24)19-14-8-10-16(23)11-9-14/h3-7,14,16,23H,8-11H2,1-2H3,(H2,19,20,24). The Hall–Kier alpha value is -2.34. The van der Waals surface area contributed by atoms with Crippen molar-refractivity contribution in [3.05, 3.63) is 41.7 Å². The Bertz CT molecular complexity index is 703. The minimum atomic E-state index is -0.222. The van der Waals surface area contributed by atoms with Gasteiger partial charge in [-0.25, -0.2) is 9.48 Å². The molecule has 1 aromatic carbocycles. The highest BCUT2D eigenvalue weighted by Crippen LogP contribution is 2.23. The molecule has 0 bridgehead atoms. The number of urea groups is 1. The van der Waals surface area contributed by atoms with E-state index in [0.29, 0.717) is 0 Å². The van der Waals surface area contributed by atoms with Gasteiger partial charge in [0.05, 0.1) is 28.9 Å². The lowest BCUT2D eigenvalue weighted by Gasteiger charge is -2.26. The van der Waals surface area contributed by atoms with Gasteiger partial charge in [-0.2, -0.15) is 5.10 Å². The summed E-state index contributed by atoms with van der Waals surface area (Å²) in [6, 6.07) is 9.76. The first-order chi connectivity index (χ1) is 11.5. The zero-order chi connectivity index (χ0) is 17.1. The molecule has 1 aromatic heterocycles. The number of hydrogen-bond acceptors (Lipinski definition) is 3. The molecular formula is C18H24N4O2. The maximum Gasteiger partial charge on any atom is 0.319 e. The number of hydrogen-bond donors (Lipinski definition) is 3. The van der Waals surface area contributed by atoms with Crippen LogP contribution in [0.5, 0.6) is 0 Å². The Morgan fingerprint density at radius 3 is 2.50 bits per heavy atom. The van der Waals surface area contributed by atoms with Crippen molar-refractivity contribution in [3.8, 4) is 5.69 Å². The predicted octanol–water partition coefficient (Wildman–Crippen LogP) is 2.91. The van der Waals surface area contributed by atoms with Gasteiger partial charge < -0.3 is 15.7 Å². The van der Waals surface area contributed by atoms with E-state index in [1.807, 2.05) is 48.9 Å². The van der Waals surface area contributed by atoms with Crippen molar-refractivity contribution in [3.63, 3.8) is 0 Å². The molecule has 1 saturated carbocycles. The predicted molar refractivity (Wildman–Crippen MR) is 93.5 cm³/mol. The second-order valence-electron chi connectivity index (χ2n) is 6.40. The summed E-state index contributed by atoms with van der Waals surface area (Å²) < 4.78 is 1.84. The molecule has 1 aliphatic carbocycles. The highest BCUT2D eigenvalue weighted by Gasteiger charge is 2.22. The minimum absolute atomic E-state index is 0.123. The van der Waals surface area contributed by atoms with E-state index < -0.39 is 0 Å². The summed E-state index contributed by atoms with van der Waals surface area (Å²) in [4.78, 5) is 12.3. The van der Waals surface area contributed by atoms with Gasteiger partial charge in [-0.1, -0.05) is 18.2 Å². The Kier molecular flexibility index (Phi) is 4.85. The van der Waals surface area contributed by atoms with Crippen LogP contribution in [0.3, 0.4) is 0 Å². The van der Waals surface area contributed by atoms with E-state index in [2.05, 4.69) is 15.7 Å². The molecule has 0 radical (unpaired) electrons. The average Bonchev–Trinajstić information content (AvgIpc) is 2.86. The quantitative estimate of drug-likeness (QED) is 0.810. The van der Waals surface area contributed by atoms with Crippen LogP contribution in [-0.4, -0.2) is 33.1 Å². The number of amides is 2. The molecule has 2 amide bonds. The lowest BCUT2D eigenvalue weighted by Crippen LogP contribution is -2.41. The summed E-state index contributed by atoms with van der Waals surface area (Å²) in [5, 5.41) is 20.0. The van der Waals surface area contributed by atoms with E-state index in [1.165, 1.54) is 0 Å². The van der Waals surface area contributed by atoms with Gasteiger partial charge in [-0.15, -0.1) is 0 Å². The van der Waals surface area contributed by atoms with E-state index in [-0.39, 0.29) is 18.2 Å². The molecule has 6 heteroatoms. The third-order valence-electron chi connectivity index (χ3n) is 4.56. The van der Waals surface area contributed by atoms with Crippen molar-refractivity contribution in [2.24, 2.45) is 0 Å². The summed E-state index contributed by atoms with van der Waals surface area (Å²) in [5.74, 6) is 0. The topological polar surface area (TPSA) is 79.2 Å². The van der Waals surface area contributed by atoms with Crippen LogP contribution < -0.4 is 10.6 Å². The highest BCUT2D eigenvalue weighted by atomic mass is 16.3. The first-order valence-electron chi connectivity index (χ1n) is 8.42. The summed E-state index contributed by atoms with van der Waals surface area (Å²) in [7, 11) is 0. The van der Waals surface area contributed by atoms with E-state index in [1.54, 1.807) is 0 Å². The van der Waals surface area contributed by atoms with Crippen molar-refractivity contribution in [1.82, 2.24) is 15.1 Å². The molecule has 0 saturated heterocycles. The van der Waals surface area contributed by atoms with Crippen LogP contribution in [0.4, 0.5) is 10.5 Å². The molecule has 128 valence electrons. The van der Waals surface area contributed by atoms with Crippen molar-refractivity contribution in [2.45, 2.75) is 51.7 Å². The summed E-state index contributed by atoms with van der Waals surface area (Å²) >= 11 is 0. The number of anilines is 1. The number of carbonyl (C=O) groups is 1. The SMILES string of the molecule is Cc1nn(-c2ccccc2)c(C)c1NC(=O)NC1CCC(O)CC1. The number of aryl methyl sites for hydroxylation is 1. The number of carbonyl (C=O) groups excluding carboxylic acids is 1. The van der Waals surface area contributed by atoms with Crippen LogP contribution in [0.1, 0.15) is 37.1 Å². The summed E-state index contributed by atoms with van der Waals surface area (Å²) in [6.45, 7) is 3.83. The van der Waals surface area contributed by atoms with Gasteiger partial charge in [0.2, 0.25) is 0 Å². The van der Waals surface area contributed by atoms with Crippen LogP contribution in [0.15, 0.2) is 30.3 Å². The van der Waals surface area contributed by atoms with Gasteiger partial charge in [0.1, 0.15) is 0 Å². The third kappa shape index (κ3) is 3.59. The van der Waals surface area contributed by atoms with Crippen molar-refractivity contribution < 1.29 is 9.90 Å². The van der Waals surface area contributed by atoms with Crippen LogP contribution in [-0.2, 0) is 0 Å². The van der Waals surface area contributed by atoms with Gasteiger partial charge in [-0.3, -0.25) is 0 Å². The Labute approximate surface area is 141 Å². The monoisotopic (exact) mass is 328 g/mol. The van der Waals surface area contributed by atoms with Gasteiger partial charge >= 0.3 is 6.03 Å². The molecule has 0 spiro atoms. The number of para-hydroxylation sites is 1. The maximum absolute atomic E-state index is 12.3. The highest BCUT2D eigenvalue weighted by molar-refractivity contribution is 5.90. The number of aliphatic hydroxyl groups excluding tert-OH is 1. The van der Waals surface area contributed by atoms with Crippen LogP contribution in [0.2, 0.25) is 0 Å². The van der Waals surface area contributed by atoms with Gasteiger partial charge in [0, 0.05) is 6.04 Å². The fourth-order valence-electron chi connectivity index (χ4n) is 3.20. The van der Waals surface area contributed by atoms with Crippen molar-refractivity contribution >= 4 is 11.7 Å². The number of rotatable bonds is 3. The lowest BCUT2D eigenvalue weighted by molar-refractivity contribution is 0.118. The average molecular weight is 328 g/mol. The zero-order valence-electron chi connectivity index (χ0n) is 14.1. The number of benzene rings is 1. The zero-order valence-corrected chi connectivity index (χ0v) is 14.1. The van der Waals surface area contributed by atoms with Gasteiger partial charge in [0.15, 0.2) is 0 Å². The largest absolute Gasteiger partial charge is 0.393 e. The van der Waals surface area contributed by atoms with Crippen LogP contribution in [0, 0.1) is 13.8 Å². The Morgan fingerprint density at radius 1 is 1.17 bits per heavy atom. The Morgan fingerprint density at radius 2 is 1.83 bits per heavy atom. The smallest absolute Gasteiger partial charge is 0.319 e. The summed E-state index contributed by atoms with van der Waals surface area (Å²) in [6.07, 6.45) is 2.90. The molecule has 1 fully saturated rings. The molecule has 3 N–H and O–H groups in total. The molecule has 1 aliphatic rings. The molecule has 3 rings (SSSR count). The molecule has 0 atom stereocenters. The fraction of sp³-hybridized carbons (Fsp3) is 0.444.